The lowest BCUT2D eigenvalue weighted by molar-refractivity contribution is 0.796. The van der Waals surface area contributed by atoms with Crippen LogP contribution in [0.15, 0.2) is 24.4 Å². The fraction of sp³-hybridized carbons (Fsp3) is 0.308. The van der Waals surface area contributed by atoms with E-state index in [1.54, 1.807) is 18.2 Å². The molecule has 1 N–H and O–H groups in total. The molecule has 2 rings (SSSR count). The number of anilines is 3. The molecule has 0 saturated carbocycles. The topological polar surface area (TPSA) is 53.9 Å². The van der Waals surface area contributed by atoms with Gasteiger partial charge in [0.15, 0.2) is 5.82 Å². The summed E-state index contributed by atoms with van der Waals surface area (Å²) in [5.41, 5.74) is 0.613. The standard InChI is InChI=1S/C13H15Cl2N5/c1-3-20(4-2)13-18-11(8-16-19-13)17-12-9(14)6-5-7-10(12)15/h5-8H,3-4H2,1-2H3,(H,17,18,19). The van der Waals surface area contributed by atoms with Crippen molar-refractivity contribution >= 4 is 40.7 Å². The van der Waals surface area contributed by atoms with Crippen molar-refractivity contribution in [3.8, 4) is 0 Å². The Kier molecular flexibility index (Phi) is 4.98. The van der Waals surface area contributed by atoms with Crippen LogP contribution in [-0.2, 0) is 0 Å². The summed E-state index contributed by atoms with van der Waals surface area (Å²) in [7, 11) is 0. The summed E-state index contributed by atoms with van der Waals surface area (Å²) in [4.78, 5) is 6.42. The minimum atomic E-state index is 0.528. The number of halogens is 2. The first-order valence-corrected chi connectivity index (χ1v) is 7.07. The molecule has 0 aliphatic heterocycles. The van der Waals surface area contributed by atoms with E-state index in [1.807, 2.05) is 18.7 Å². The molecule has 0 atom stereocenters. The number of benzene rings is 1. The monoisotopic (exact) mass is 311 g/mol. The Morgan fingerprint density at radius 3 is 2.40 bits per heavy atom. The number of rotatable bonds is 5. The Labute approximate surface area is 127 Å². The van der Waals surface area contributed by atoms with Crippen LogP contribution in [0.1, 0.15) is 13.8 Å². The summed E-state index contributed by atoms with van der Waals surface area (Å²) in [5.74, 6) is 1.13. The van der Waals surface area contributed by atoms with Crippen molar-refractivity contribution < 1.29 is 0 Å². The maximum Gasteiger partial charge on any atom is 0.247 e. The normalized spacial score (nSPS) is 10.4. The fourth-order valence-corrected chi connectivity index (χ4v) is 2.23. The molecule has 0 aliphatic carbocycles. The maximum atomic E-state index is 6.12. The van der Waals surface area contributed by atoms with Crippen LogP contribution in [0.3, 0.4) is 0 Å². The molecule has 20 heavy (non-hydrogen) atoms. The van der Waals surface area contributed by atoms with E-state index >= 15 is 0 Å². The van der Waals surface area contributed by atoms with Gasteiger partial charge in [-0.15, -0.1) is 5.10 Å². The average molecular weight is 312 g/mol. The van der Waals surface area contributed by atoms with Gasteiger partial charge < -0.3 is 10.2 Å². The van der Waals surface area contributed by atoms with E-state index in [0.29, 0.717) is 27.5 Å². The van der Waals surface area contributed by atoms with Crippen LogP contribution in [0.4, 0.5) is 17.5 Å². The SMILES string of the molecule is CCN(CC)c1nncc(Nc2c(Cl)cccc2Cl)n1. The van der Waals surface area contributed by atoms with Crippen LogP contribution in [-0.4, -0.2) is 28.3 Å². The first-order chi connectivity index (χ1) is 9.65. The van der Waals surface area contributed by atoms with Crippen molar-refractivity contribution in [3.05, 3.63) is 34.4 Å². The van der Waals surface area contributed by atoms with Gasteiger partial charge in [0, 0.05) is 13.1 Å². The zero-order valence-corrected chi connectivity index (χ0v) is 12.8. The highest BCUT2D eigenvalue weighted by Crippen LogP contribution is 2.31. The van der Waals surface area contributed by atoms with E-state index in [0.717, 1.165) is 13.1 Å². The van der Waals surface area contributed by atoms with Gasteiger partial charge in [0.1, 0.15) is 0 Å². The van der Waals surface area contributed by atoms with Crippen LogP contribution >= 0.6 is 23.2 Å². The molecule has 1 heterocycles. The predicted octanol–water partition coefficient (Wildman–Crippen LogP) is 3.77. The highest BCUT2D eigenvalue weighted by molar-refractivity contribution is 6.39. The Bertz CT molecular complexity index is 566. The average Bonchev–Trinajstić information content (AvgIpc) is 2.45. The third-order valence-electron chi connectivity index (χ3n) is 2.81. The van der Waals surface area contributed by atoms with Crippen molar-refractivity contribution in [3.63, 3.8) is 0 Å². The second-order valence-corrected chi connectivity index (χ2v) is 4.85. The van der Waals surface area contributed by atoms with Crippen LogP contribution in [0.5, 0.6) is 0 Å². The summed E-state index contributed by atoms with van der Waals surface area (Å²) in [6.45, 7) is 5.71. The van der Waals surface area contributed by atoms with E-state index in [2.05, 4.69) is 20.5 Å². The molecule has 0 radical (unpaired) electrons. The van der Waals surface area contributed by atoms with Gasteiger partial charge >= 0.3 is 0 Å². The Hall–Kier alpha value is -1.59. The smallest absolute Gasteiger partial charge is 0.247 e. The van der Waals surface area contributed by atoms with E-state index < -0.39 is 0 Å². The highest BCUT2D eigenvalue weighted by atomic mass is 35.5. The van der Waals surface area contributed by atoms with Gasteiger partial charge in [0.25, 0.3) is 0 Å². The van der Waals surface area contributed by atoms with Gasteiger partial charge in [0.05, 0.1) is 21.9 Å². The molecule has 5 nitrogen and oxygen atoms in total. The van der Waals surface area contributed by atoms with Crippen molar-refractivity contribution in [2.24, 2.45) is 0 Å². The zero-order valence-electron chi connectivity index (χ0n) is 11.3. The minimum Gasteiger partial charge on any atom is -0.340 e. The van der Waals surface area contributed by atoms with Crippen LogP contribution in [0.2, 0.25) is 10.0 Å². The maximum absolute atomic E-state index is 6.12. The van der Waals surface area contributed by atoms with Gasteiger partial charge in [-0.1, -0.05) is 29.3 Å². The van der Waals surface area contributed by atoms with Crippen molar-refractivity contribution in [1.82, 2.24) is 15.2 Å². The molecule has 2 aromatic rings. The molecule has 0 saturated heterocycles. The lowest BCUT2D eigenvalue weighted by Crippen LogP contribution is -2.24. The lowest BCUT2D eigenvalue weighted by atomic mass is 10.3. The molecule has 0 unspecified atom stereocenters. The fourth-order valence-electron chi connectivity index (χ4n) is 1.74. The van der Waals surface area contributed by atoms with Gasteiger partial charge in [-0.05, 0) is 26.0 Å². The number of nitrogens with zero attached hydrogens (tertiary/aromatic N) is 4. The molecule has 0 amide bonds. The molecular formula is C13H15Cl2N5. The minimum absolute atomic E-state index is 0.528. The molecular weight excluding hydrogens is 297 g/mol. The third kappa shape index (κ3) is 3.29. The molecule has 0 bridgehead atoms. The van der Waals surface area contributed by atoms with E-state index in [4.69, 9.17) is 23.2 Å². The van der Waals surface area contributed by atoms with Crippen LogP contribution in [0.25, 0.3) is 0 Å². The van der Waals surface area contributed by atoms with Crippen LogP contribution in [0, 0.1) is 0 Å². The Morgan fingerprint density at radius 2 is 1.80 bits per heavy atom. The van der Waals surface area contributed by atoms with Crippen LogP contribution < -0.4 is 10.2 Å². The third-order valence-corrected chi connectivity index (χ3v) is 3.44. The number of nitrogens with one attached hydrogen (secondary N) is 1. The van der Waals surface area contributed by atoms with E-state index in [-0.39, 0.29) is 0 Å². The van der Waals surface area contributed by atoms with E-state index in [9.17, 15) is 0 Å². The van der Waals surface area contributed by atoms with E-state index in [1.165, 1.54) is 6.20 Å². The quantitative estimate of drug-likeness (QED) is 0.911. The predicted molar refractivity (Wildman–Crippen MR) is 83.1 cm³/mol. The number of para-hydroxylation sites is 1. The summed E-state index contributed by atoms with van der Waals surface area (Å²) >= 11 is 12.2. The molecule has 0 aliphatic rings. The van der Waals surface area contributed by atoms with Gasteiger partial charge in [0.2, 0.25) is 5.95 Å². The first kappa shape index (κ1) is 14.8. The number of hydrogen-bond acceptors (Lipinski definition) is 5. The largest absolute Gasteiger partial charge is 0.340 e. The Morgan fingerprint density at radius 1 is 1.15 bits per heavy atom. The summed E-state index contributed by atoms with van der Waals surface area (Å²) in [5, 5.41) is 12.1. The lowest BCUT2D eigenvalue weighted by Gasteiger charge is -2.18. The molecule has 1 aromatic carbocycles. The van der Waals surface area contributed by atoms with Crippen molar-refractivity contribution in [2.45, 2.75) is 13.8 Å². The summed E-state index contributed by atoms with van der Waals surface area (Å²) in [6, 6.07) is 5.31. The number of aromatic nitrogens is 3. The summed E-state index contributed by atoms with van der Waals surface area (Å²) < 4.78 is 0. The summed E-state index contributed by atoms with van der Waals surface area (Å²) in [6.07, 6.45) is 1.53. The van der Waals surface area contributed by atoms with Crippen molar-refractivity contribution in [1.29, 1.82) is 0 Å². The molecule has 0 spiro atoms. The molecule has 106 valence electrons. The molecule has 7 heteroatoms. The van der Waals surface area contributed by atoms with Crippen molar-refractivity contribution in [2.75, 3.05) is 23.3 Å². The molecule has 0 fully saturated rings. The Balaban J connectivity index is 2.28. The second-order valence-electron chi connectivity index (χ2n) is 4.04. The van der Waals surface area contributed by atoms with Gasteiger partial charge in [-0.25, -0.2) is 0 Å². The number of hydrogen-bond donors (Lipinski definition) is 1. The first-order valence-electron chi connectivity index (χ1n) is 6.31. The van der Waals surface area contributed by atoms with Gasteiger partial charge in [-0.2, -0.15) is 10.1 Å². The zero-order chi connectivity index (χ0) is 14.5. The highest BCUT2D eigenvalue weighted by Gasteiger charge is 2.10. The second kappa shape index (κ2) is 6.72. The van der Waals surface area contributed by atoms with Gasteiger partial charge in [-0.3, -0.25) is 0 Å². The molecule has 1 aromatic heterocycles.